The molecule has 0 bridgehead atoms. The number of aromatic nitrogens is 3. The number of nitrogens with two attached hydrogens (primary N) is 1. The van der Waals surface area contributed by atoms with Gasteiger partial charge in [-0.25, -0.2) is 24.3 Å². The molecular weight excluding hydrogens is 644 g/mol. The lowest BCUT2D eigenvalue weighted by Crippen LogP contribution is -2.56. The van der Waals surface area contributed by atoms with Crippen LogP contribution in [-0.2, 0) is 38.4 Å². The van der Waals surface area contributed by atoms with Crippen molar-refractivity contribution < 1.29 is 58.2 Å². The smallest absolute Gasteiger partial charge is 0.377 e. The monoisotopic (exact) mass is 660 g/mol. The van der Waals surface area contributed by atoms with Crippen LogP contribution in [0.5, 0.6) is 0 Å². The third-order valence-corrected chi connectivity index (χ3v) is 7.64. The third kappa shape index (κ3) is 4.48. The number of hydrogen-bond donors (Lipinski definition) is 6. The molecule has 4 amide bonds. The lowest BCUT2D eigenvalue weighted by Gasteiger charge is -2.29. The van der Waals surface area contributed by atoms with Crippen molar-refractivity contribution in [1.82, 2.24) is 30.2 Å². The van der Waals surface area contributed by atoms with Crippen molar-refractivity contribution in [3.05, 3.63) is 54.9 Å². The molecule has 2 aromatic heterocycles. The Morgan fingerprint density at radius 2 is 1.70 bits per heavy atom. The number of carbonyl (C=O) groups excluding carboxylic acids is 5. The number of amides is 4. The lowest BCUT2D eigenvalue weighted by atomic mass is 10.1. The molecular formula is C23H16N8O14S. The number of aliphatic carboxylic acids is 2. The summed E-state index contributed by atoms with van der Waals surface area (Å²) in [6.07, 6.45) is 0.620. The molecule has 238 valence electrons. The third-order valence-electron chi connectivity index (χ3n) is 6.97. The predicted molar refractivity (Wildman–Crippen MR) is 141 cm³/mol. The highest BCUT2D eigenvalue weighted by Gasteiger charge is 2.61. The van der Waals surface area contributed by atoms with Gasteiger partial charge >= 0.3 is 34.8 Å². The van der Waals surface area contributed by atoms with E-state index in [1.165, 1.54) is 5.38 Å². The lowest BCUT2D eigenvalue weighted by molar-refractivity contribution is -0.246. The first-order valence-corrected chi connectivity index (χ1v) is 13.5. The number of nitrogen functional groups attached to an aromatic ring is 1. The molecule has 0 radical (unpaired) electrons. The van der Waals surface area contributed by atoms with Gasteiger partial charge in [-0.15, -0.1) is 11.3 Å². The van der Waals surface area contributed by atoms with E-state index in [1.54, 1.807) is 0 Å². The zero-order valence-electron chi connectivity index (χ0n) is 22.4. The number of thiazole rings is 1. The molecule has 2 atom stereocenters. The summed E-state index contributed by atoms with van der Waals surface area (Å²) in [5, 5.41) is 26.6. The second kappa shape index (κ2) is 10.2. The fourth-order valence-electron chi connectivity index (χ4n) is 4.44. The number of imide groups is 1. The van der Waals surface area contributed by atoms with Crippen LogP contribution in [-0.4, -0.2) is 106 Å². The van der Waals surface area contributed by atoms with E-state index < -0.39 is 99.4 Å². The number of fused-ring (bicyclic) bond motifs is 1. The van der Waals surface area contributed by atoms with Gasteiger partial charge in [0.2, 0.25) is 5.60 Å². The van der Waals surface area contributed by atoms with Gasteiger partial charge in [-0.05, 0) is 0 Å². The Balaban J connectivity index is 1.26. The van der Waals surface area contributed by atoms with Crippen LogP contribution in [0.1, 0.15) is 39.5 Å². The number of anilines is 1. The van der Waals surface area contributed by atoms with Gasteiger partial charge in [-0.3, -0.25) is 33.6 Å². The molecule has 3 aliphatic heterocycles. The van der Waals surface area contributed by atoms with Gasteiger partial charge in [-0.1, -0.05) is 5.16 Å². The highest BCUT2D eigenvalue weighted by Crippen LogP contribution is 2.40. The van der Waals surface area contributed by atoms with Crippen molar-refractivity contribution in [3.8, 4) is 0 Å². The molecule has 7 N–H and O–H groups in total. The number of hydroxylamine groups is 2. The van der Waals surface area contributed by atoms with Gasteiger partial charge in [0, 0.05) is 24.3 Å². The Labute approximate surface area is 255 Å². The highest BCUT2D eigenvalue weighted by atomic mass is 32.1. The van der Waals surface area contributed by atoms with Gasteiger partial charge in [0.15, 0.2) is 10.8 Å². The van der Waals surface area contributed by atoms with Gasteiger partial charge in [0.25, 0.3) is 23.6 Å². The minimum atomic E-state index is -3.11. The number of rotatable bonds is 9. The van der Waals surface area contributed by atoms with Crippen molar-refractivity contribution in [1.29, 1.82) is 0 Å². The van der Waals surface area contributed by atoms with Crippen molar-refractivity contribution in [2.75, 3.05) is 12.3 Å². The van der Waals surface area contributed by atoms with E-state index in [2.05, 4.69) is 15.5 Å². The van der Waals surface area contributed by atoms with Crippen molar-refractivity contribution in [3.63, 3.8) is 0 Å². The van der Waals surface area contributed by atoms with E-state index in [0.717, 1.165) is 11.3 Å². The van der Waals surface area contributed by atoms with Crippen LogP contribution < -0.4 is 22.2 Å². The fourth-order valence-corrected chi connectivity index (χ4v) is 4.99. The Morgan fingerprint density at radius 3 is 2.22 bits per heavy atom. The standard InChI is InChI=1S/C23H16N8O14S/c24-21-26-7(5-46-21)9(29-45-22(1-2-22)19(39)40)12(32)25-6-4-43-31(15(6)35)23(20(41)42)3-8(18(38)44-23)30-16(36)10-11(17(30)37)28-14(34)13(33)27-10/h3,5-6H,1-2,4H2,(H2,24,26)(H,25,32)(H,27,33)(H,28,34)(H,39,40)(H,41,42)/b29-9-/t6-,23?/m0/s1. The summed E-state index contributed by atoms with van der Waals surface area (Å²) in [5.74, 6) is -10.1. The molecule has 1 saturated carbocycles. The maximum Gasteiger partial charge on any atom is 0.377 e. The van der Waals surface area contributed by atoms with Crippen LogP contribution in [0.15, 0.2) is 31.9 Å². The van der Waals surface area contributed by atoms with E-state index in [9.17, 15) is 53.4 Å². The molecule has 2 fully saturated rings. The average molecular weight is 660 g/mol. The SMILES string of the molecule is Nc1nc(/C(=N/OC2(C(=O)O)CC2)C(=O)N[C@H]2CON(C3(C(=O)O)C=C(N4C(=O)c5[nH]c(=O)c(=O)[nH]c5C4=O)C(=O)O3)C2=O)cs1. The minimum Gasteiger partial charge on any atom is -0.478 e. The Hall–Kier alpha value is -6.23. The molecule has 0 aromatic carbocycles. The molecule has 46 heavy (non-hydrogen) atoms. The normalized spacial score (nSPS) is 23.3. The summed E-state index contributed by atoms with van der Waals surface area (Å²) < 4.78 is 4.94. The molecule has 1 saturated heterocycles. The maximum absolute atomic E-state index is 13.3. The molecule has 2 aromatic rings. The Morgan fingerprint density at radius 1 is 1.07 bits per heavy atom. The fraction of sp³-hybridized carbons (Fsp3) is 0.261. The number of aromatic amines is 2. The van der Waals surface area contributed by atoms with Gasteiger partial charge in [0.1, 0.15) is 35.4 Å². The number of nitrogens with zero attached hydrogens (tertiary/aromatic N) is 4. The van der Waals surface area contributed by atoms with Crippen LogP contribution in [0, 0.1) is 0 Å². The number of esters is 1. The number of carboxylic acid groups (broad SMARTS) is 2. The first kappa shape index (κ1) is 29.8. The second-order valence-corrected chi connectivity index (χ2v) is 10.8. The number of hydrogen-bond acceptors (Lipinski definition) is 16. The molecule has 6 rings (SSSR count). The van der Waals surface area contributed by atoms with Gasteiger partial charge < -0.3 is 40.8 Å². The van der Waals surface area contributed by atoms with E-state index in [0.29, 0.717) is 6.08 Å². The average Bonchev–Trinajstić information content (AvgIpc) is 3.21. The molecule has 5 heterocycles. The van der Waals surface area contributed by atoms with Crippen LogP contribution in [0.25, 0.3) is 0 Å². The van der Waals surface area contributed by atoms with E-state index in [1.807, 2.05) is 9.97 Å². The maximum atomic E-state index is 13.3. The van der Waals surface area contributed by atoms with Gasteiger partial charge in [0.05, 0.1) is 0 Å². The zero-order chi connectivity index (χ0) is 33.3. The number of ether oxygens (including phenoxy) is 1. The predicted octanol–water partition coefficient (Wildman–Crippen LogP) is -3.78. The summed E-state index contributed by atoms with van der Waals surface area (Å²) in [5.41, 5.74) is -4.87. The summed E-state index contributed by atoms with van der Waals surface area (Å²) in [6.45, 7) is -0.734. The largest absolute Gasteiger partial charge is 0.478 e. The number of carbonyl (C=O) groups is 7. The molecule has 22 nitrogen and oxygen atoms in total. The van der Waals surface area contributed by atoms with Crippen molar-refractivity contribution in [2.24, 2.45) is 5.16 Å². The molecule has 23 heteroatoms. The minimum absolute atomic E-state index is 0.00569. The summed E-state index contributed by atoms with van der Waals surface area (Å²) >= 11 is 0.904. The molecule has 0 spiro atoms. The molecule has 4 aliphatic rings. The van der Waals surface area contributed by atoms with E-state index in [-0.39, 0.29) is 33.6 Å². The van der Waals surface area contributed by atoms with Crippen LogP contribution in [0.4, 0.5) is 5.13 Å². The number of H-pyrrole nitrogens is 2. The summed E-state index contributed by atoms with van der Waals surface area (Å²) in [6, 6.07) is -1.66. The second-order valence-electron chi connectivity index (χ2n) is 9.88. The molecule has 1 unspecified atom stereocenters. The first-order valence-electron chi connectivity index (χ1n) is 12.6. The Bertz CT molecular complexity index is 1940. The van der Waals surface area contributed by atoms with E-state index >= 15 is 0 Å². The highest BCUT2D eigenvalue weighted by molar-refractivity contribution is 7.13. The topological polar surface area (TPSA) is 323 Å². The first-order chi connectivity index (χ1) is 21.7. The zero-order valence-corrected chi connectivity index (χ0v) is 23.2. The quantitative estimate of drug-likeness (QED) is 0.0494. The number of oxime groups is 1. The van der Waals surface area contributed by atoms with Crippen LogP contribution in [0.3, 0.4) is 0 Å². The van der Waals surface area contributed by atoms with E-state index in [4.69, 9.17) is 20.1 Å². The summed E-state index contributed by atoms with van der Waals surface area (Å²) in [7, 11) is 0. The van der Waals surface area contributed by atoms with Crippen molar-refractivity contribution >= 4 is 63.7 Å². The van der Waals surface area contributed by atoms with Crippen LogP contribution >= 0.6 is 11.3 Å². The van der Waals surface area contributed by atoms with Crippen molar-refractivity contribution in [2.45, 2.75) is 30.2 Å². The molecule has 1 aliphatic carbocycles. The summed E-state index contributed by atoms with van der Waals surface area (Å²) in [4.78, 5) is 130. The number of nitrogens with one attached hydrogen (secondary N) is 3. The Kier molecular flexibility index (Phi) is 6.59. The number of cyclic esters (lactones) is 1. The number of carboxylic acids is 2. The van der Waals surface area contributed by atoms with Crippen LogP contribution in [0.2, 0.25) is 0 Å². The van der Waals surface area contributed by atoms with Gasteiger partial charge in [-0.2, -0.15) is 5.06 Å².